The molecule has 1 aromatic rings. The maximum Gasteiger partial charge on any atom is 0.325 e. The molecular formula is C18H31N7O5. The topological polar surface area (TPSA) is 205 Å². The molecule has 168 valence electrons. The molecule has 0 aliphatic rings. The number of nitrogens with two attached hydrogens (primary N) is 2. The Kier molecular flexibility index (Phi) is 10.5. The minimum absolute atomic E-state index is 0.217. The molecule has 4 atom stereocenters. The van der Waals surface area contributed by atoms with Gasteiger partial charge in [0.05, 0.1) is 12.4 Å². The standard InChI is InChI=1S/C18H31N7O5/c1-10(15(26)24-11(2)18(29)30)23-17(28)14(5-3-4-6-19)25-16(27)13(20)7-12-8-21-9-22-12/h8-11,13-14H,3-7,19-20H2,1-2H3,(H,21,22)(H,23,28)(H,24,26)(H,25,27)(H,29,30). The van der Waals surface area contributed by atoms with Gasteiger partial charge >= 0.3 is 5.97 Å². The Balaban J connectivity index is 2.70. The van der Waals surface area contributed by atoms with Crippen LogP contribution in [0, 0.1) is 0 Å². The fraction of sp³-hybridized carbons (Fsp3) is 0.611. The minimum atomic E-state index is -1.19. The van der Waals surface area contributed by atoms with Crippen LogP contribution in [0.25, 0.3) is 0 Å². The molecule has 0 saturated heterocycles. The lowest BCUT2D eigenvalue weighted by Gasteiger charge is -2.23. The Morgan fingerprint density at radius 1 is 1.07 bits per heavy atom. The Morgan fingerprint density at radius 3 is 2.30 bits per heavy atom. The highest BCUT2D eigenvalue weighted by atomic mass is 16.4. The number of carbonyl (C=O) groups is 4. The fourth-order valence-electron chi connectivity index (χ4n) is 2.55. The first-order chi connectivity index (χ1) is 14.1. The number of carboxylic acid groups (broad SMARTS) is 1. The van der Waals surface area contributed by atoms with Gasteiger partial charge < -0.3 is 37.5 Å². The van der Waals surface area contributed by atoms with E-state index in [0.29, 0.717) is 31.5 Å². The summed E-state index contributed by atoms with van der Waals surface area (Å²) >= 11 is 0. The predicted octanol–water partition coefficient (Wildman–Crippen LogP) is -2.01. The number of aliphatic carboxylic acids is 1. The smallest absolute Gasteiger partial charge is 0.325 e. The highest BCUT2D eigenvalue weighted by Crippen LogP contribution is 2.04. The van der Waals surface area contributed by atoms with E-state index in [1.807, 2.05) is 0 Å². The maximum atomic E-state index is 12.6. The number of nitrogens with zero attached hydrogens (tertiary/aromatic N) is 1. The van der Waals surface area contributed by atoms with Gasteiger partial charge in [0.2, 0.25) is 17.7 Å². The molecule has 0 spiro atoms. The average Bonchev–Trinajstić information content (AvgIpc) is 3.19. The average molecular weight is 425 g/mol. The predicted molar refractivity (Wildman–Crippen MR) is 108 cm³/mol. The lowest BCUT2D eigenvalue weighted by molar-refractivity contribution is -0.141. The van der Waals surface area contributed by atoms with Gasteiger partial charge in [-0.2, -0.15) is 0 Å². The van der Waals surface area contributed by atoms with E-state index in [1.54, 1.807) is 6.20 Å². The molecule has 0 aliphatic heterocycles. The van der Waals surface area contributed by atoms with Crippen molar-refractivity contribution in [1.29, 1.82) is 0 Å². The van der Waals surface area contributed by atoms with E-state index in [4.69, 9.17) is 16.6 Å². The van der Waals surface area contributed by atoms with E-state index in [-0.39, 0.29) is 6.42 Å². The third-order valence-corrected chi connectivity index (χ3v) is 4.39. The van der Waals surface area contributed by atoms with Crippen molar-refractivity contribution < 1.29 is 24.3 Å². The molecule has 1 aromatic heterocycles. The van der Waals surface area contributed by atoms with Crippen molar-refractivity contribution in [3.8, 4) is 0 Å². The molecule has 0 aromatic carbocycles. The maximum absolute atomic E-state index is 12.6. The zero-order valence-corrected chi connectivity index (χ0v) is 17.2. The monoisotopic (exact) mass is 425 g/mol. The lowest BCUT2D eigenvalue weighted by Crippen LogP contribution is -2.56. The van der Waals surface area contributed by atoms with Crippen LogP contribution in [0.1, 0.15) is 38.8 Å². The highest BCUT2D eigenvalue weighted by Gasteiger charge is 2.27. The second-order valence-electron chi connectivity index (χ2n) is 7.03. The molecule has 0 fully saturated rings. The summed E-state index contributed by atoms with van der Waals surface area (Å²) in [6.07, 6.45) is 4.80. The van der Waals surface area contributed by atoms with Crippen LogP contribution in [0.15, 0.2) is 12.5 Å². The summed E-state index contributed by atoms with van der Waals surface area (Å²) in [5.74, 6) is -2.94. The molecule has 12 heteroatoms. The molecule has 12 nitrogen and oxygen atoms in total. The molecule has 1 heterocycles. The van der Waals surface area contributed by atoms with E-state index < -0.39 is 47.9 Å². The molecule has 1 rings (SSSR count). The number of imidazole rings is 1. The first-order valence-electron chi connectivity index (χ1n) is 9.72. The number of aromatic nitrogens is 2. The molecule has 30 heavy (non-hydrogen) atoms. The third-order valence-electron chi connectivity index (χ3n) is 4.39. The van der Waals surface area contributed by atoms with Gasteiger partial charge in [-0.15, -0.1) is 0 Å². The molecule has 3 amide bonds. The zero-order chi connectivity index (χ0) is 22.7. The number of H-pyrrole nitrogens is 1. The number of hydrogen-bond acceptors (Lipinski definition) is 7. The number of unbranched alkanes of at least 4 members (excludes halogenated alkanes) is 1. The van der Waals surface area contributed by atoms with Crippen molar-refractivity contribution in [3.63, 3.8) is 0 Å². The number of carbonyl (C=O) groups excluding carboxylic acids is 3. The van der Waals surface area contributed by atoms with Crippen LogP contribution in [-0.2, 0) is 25.6 Å². The van der Waals surface area contributed by atoms with Crippen LogP contribution in [-0.4, -0.2) is 69.5 Å². The number of rotatable bonds is 13. The van der Waals surface area contributed by atoms with E-state index in [0.717, 1.165) is 0 Å². The van der Waals surface area contributed by atoms with Gasteiger partial charge in [0.1, 0.15) is 18.1 Å². The first-order valence-corrected chi connectivity index (χ1v) is 9.72. The minimum Gasteiger partial charge on any atom is -0.480 e. The fourth-order valence-corrected chi connectivity index (χ4v) is 2.55. The van der Waals surface area contributed by atoms with Crippen LogP contribution in [0.5, 0.6) is 0 Å². The van der Waals surface area contributed by atoms with Crippen molar-refractivity contribution in [1.82, 2.24) is 25.9 Å². The van der Waals surface area contributed by atoms with Crippen LogP contribution in [0.4, 0.5) is 0 Å². The molecule has 0 radical (unpaired) electrons. The third kappa shape index (κ3) is 8.57. The van der Waals surface area contributed by atoms with Crippen molar-refractivity contribution in [3.05, 3.63) is 18.2 Å². The second kappa shape index (κ2) is 12.5. The summed E-state index contributed by atoms with van der Waals surface area (Å²) in [6.45, 7) is 3.17. The molecule has 0 bridgehead atoms. The number of nitrogens with one attached hydrogen (secondary N) is 4. The van der Waals surface area contributed by atoms with E-state index in [9.17, 15) is 19.2 Å². The van der Waals surface area contributed by atoms with Gasteiger partial charge in [-0.25, -0.2) is 4.98 Å². The van der Waals surface area contributed by atoms with Crippen molar-refractivity contribution in [2.75, 3.05) is 6.54 Å². The molecule has 0 saturated carbocycles. The largest absolute Gasteiger partial charge is 0.480 e. The molecule has 4 unspecified atom stereocenters. The summed E-state index contributed by atoms with van der Waals surface area (Å²) in [6, 6.07) is -3.90. The Morgan fingerprint density at radius 2 is 1.73 bits per heavy atom. The normalized spacial score (nSPS) is 14.8. The van der Waals surface area contributed by atoms with Gasteiger partial charge in [0.25, 0.3) is 0 Å². The summed E-state index contributed by atoms with van der Waals surface area (Å²) in [5, 5.41) is 16.2. The highest BCUT2D eigenvalue weighted by molar-refractivity contribution is 5.93. The van der Waals surface area contributed by atoms with Crippen LogP contribution in [0.2, 0.25) is 0 Å². The van der Waals surface area contributed by atoms with Crippen LogP contribution in [0.3, 0.4) is 0 Å². The zero-order valence-electron chi connectivity index (χ0n) is 17.2. The van der Waals surface area contributed by atoms with Crippen molar-refractivity contribution in [2.45, 2.75) is 63.7 Å². The number of aromatic amines is 1. The summed E-state index contributed by atoms with van der Waals surface area (Å²) < 4.78 is 0. The van der Waals surface area contributed by atoms with E-state index in [1.165, 1.54) is 20.2 Å². The lowest BCUT2D eigenvalue weighted by atomic mass is 10.1. The van der Waals surface area contributed by atoms with Gasteiger partial charge in [-0.1, -0.05) is 0 Å². The molecule has 0 aliphatic carbocycles. The first kappa shape index (κ1) is 25.0. The molecular weight excluding hydrogens is 394 g/mol. The van der Waals surface area contributed by atoms with Crippen LogP contribution >= 0.6 is 0 Å². The number of hydrogen-bond donors (Lipinski definition) is 7. The summed E-state index contributed by atoms with van der Waals surface area (Å²) in [5.41, 5.74) is 12.1. The number of amides is 3. The Bertz CT molecular complexity index is 710. The van der Waals surface area contributed by atoms with Crippen LogP contribution < -0.4 is 27.4 Å². The molecule has 9 N–H and O–H groups in total. The van der Waals surface area contributed by atoms with E-state index in [2.05, 4.69) is 25.9 Å². The van der Waals surface area contributed by atoms with E-state index >= 15 is 0 Å². The summed E-state index contributed by atoms with van der Waals surface area (Å²) in [4.78, 5) is 54.7. The summed E-state index contributed by atoms with van der Waals surface area (Å²) in [7, 11) is 0. The van der Waals surface area contributed by atoms with Crippen molar-refractivity contribution >= 4 is 23.7 Å². The Labute approximate surface area is 174 Å². The Hall–Kier alpha value is -2.99. The number of carboxylic acids is 1. The van der Waals surface area contributed by atoms with Gasteiger partial charge in [0.15, 0.2) is 0 Å². The van der Waals surface area contributed by atoms with Crippen molar-refractivity contribution in [2.24, 2.45) is 11.5 Å². The van der Waals surface area contributed by atoms with Gasteiger partial charge in [-0.3, -0.25) is 19.2 Å². The quantitative estimate of drug-likeness (QED) is 0.175. The SMILES string of the molecule is CC(NC(=O)C(C)NC(=O)C(CCCCN)NC(=O)C(N)Cc1cnc[nH]1)C(=O)O. The van der Waals surface area contributed by atoms with Gasteiger partial charge in [0, 0.05) is 18.3 Å². The second-order valence-corrected chi connectivity index (χ2v) is 7.03. The van der Waals surface area contributed by atoms with Gasteiger partial charge in [-0.05, 0) is 39.7 Å².